The standard InChI is InChI=1S/C15H24F2N4O3S/c1-18-15(19-9-4-10-20-25(3,22)23)21(2)11-12-5-7-13(8-6-12)24-14(16)17/h5-8,14,20H,4,9-11H2,1-3H3,(H,18,19). The van der Waals surface area contributed by atoms with E-state index in [-0.39, 0.29) is 5.75 Å². The summed E-state index contributed by atoms with van der Waals surface area (Å²) in [5, 5.41) is 3.13. The molecular weight excluding hydrogens is 354 g/mol. The Kier molecular flexibility index (Phi) is 8.56. The smallest absolute Gasteiger partial charge is 0.387 e. The molecule has 0 saturated heterocycles. The number of hydrogen-bond donors (Lipinski definition) is 2. The monoisotopic (exact) mass is 378 g/mol. The number of hydrogen-bond acceptors (Lipinski definition) is 4. The van der Waals surface area contributed by atoms with Gasteiger partial charge in [-0.05, 0) is 24.1 Å². The fourth-order valence-corrected chi connectivity index (χ4v) is 2.57. The molecule has 0 unspecified atom stereocenters. The number of alkyl halides is 2. The molecule has 1 aromatic rings. The number of rotatable bonds is 9. The Morgan fingerprint density at radius 3 is 2.44 bits per heavy atom. The number of guanidine groups is 1. The van der Waals surface area contributed by atoms with Crippen LogP contribution in [0.2, 0.25) is 0 Å². The zero-order valence-corrected chi connectivity index (χ0v) is 15.3. The first kappa shape index (κ1) is 21.1. The molecule has 25 heavy (non-hydrogen) atoms. The highest BCUT2D eigenvalue weighted by Gasteiger charge is 2.08. The Morgan fingerprint density at radius 2 is 1.92 bits per heavy atom. The van der Waals surface area contributed by atoms with Gasteiger partial charge in [0, 0.05) is 33.7 Å². The van der Waals surface area contributed by atoms with Crippen molar-refractivity contribution in [3.8, 4) is 5.75 Å². The van der Waals surface area contributed by atoms with E-state index in [1.165, 1.54) is 12.1 Å². The molecule has 0 radical (unpaired) electrons. The molecule has 0 amide bonds. The van der Waals surface area contributed by atoms with E-state index in [0.717, 1.165) is 11.8 Å². The van der Waals surface area contributed by atoms with Gasteiger partial charge in [-0.2, -0.15) is 8.78 Å². The fraction of sp³-hybridized carbons (Fsp3) is 0.533. The van der Waals surface area contributed by atoms with Crippen LogP contribution in [0.5, 0.6) is 5.75 Å². The van der Waals surface area contributed by atoms with Gasteiger partial charge in [0.2, 0.25) is 10.0 Å². The van der Waals surface area contributed by atoms with E-state index in [1.807, 2.05) is 11.9 Å². The average Bonchev–Trinajstić information content (AvgIpc) is 2.51. The van der Waals surface area contributed by atoms with E-state index < -0.39 is 16.6 Å². The highest BCUT2D eigenvalue weighted by atomic mass is 32.2. The minimum Gasteiger partial charge on any atom is -0.435 e. The van der Waals surface area contributed by atoms with Crippen molar-refractivity contribution < 1.29 is 21.9 Å². The van der Waals surface area contributed by atoms with Crippen LogP contribution in [0, 0.1) is 0 Å². The lowest BCUT2D eigenvalue weighted by atomic mass is 10.2. The predicted octanol–water partition coefficient (Wildman–Crippen LogP) is 1.23. The Morgan fingerprint density at radius 1 is 1.28 bits per heavy atom. The van der Waals surface area contributed by atoms with Crippen LogP contribution in [-0.2, 0) is 16.6 Å². The molecule has 0 aliphatic rings. The SMILES string of the molecule is CN=C(NCCCNS(C)(=O)=O)N(C)Cc1ccc(OC(F)F)cc1. The van der Waals surface area contributed by atoms with Crippen molar-refractivity contribution in [2.75, 3.05) is 33.4 Å². The van der Waals surface area contributed by atoms with Crippen LogP contribution in [0.1, 0.15) is 12.0 Å². The highest BCUT2D eigenvalue weighted by Crippen LogP contribution is 2.15. The van der Waals surface area contributed by atoms with Gasteiger partial charge in [-0.25, -0.2) is 13.1 Å². The maximum absolute atomic E-state index is 12.1. The topological polar surface area (TPSA) is 83.0 Å². The second-order valence-electron chi connectivity index (χ2n) is 5.37. The van der Waals surface area contributed by atoms with E-state index in [4.69, 9.17) is 0 Å². The summed E-state index contributed by atoms with van der Waals surface area (Å²) in [6.07, 6.45) is 1.73. The number of aliphatic imine (C=N–C) groups is 1. The van der Waals surface area contributed by atoms with Crippen molar-refractivity contribution >= 4 is 16.0 Å². The van der Waals surface area contributed by atoms with E-state index >= 15 is 0 Å². The average molecular weight is 378 g/mol. The zero-order chi connectivity index (χ0) is 18.9. The maximum Gasteiger partial charge on any atom is 0.387 e. The lowest BCUT2D eigenvalue weighted by Gasteiger charge is -2.22. The van der Waals surface area contributed by atoms with Crippen molar-refractivity contribution in [1.82, 2.24) is 14.9 Å². The Hall–Kier alpha value is -1.94. The van der Waals surface area contributed by atoms with Crippen molar-refractivity contribution in [3.63, 3.8) is 0 Å². The van der Waals surface area contributed by atoms with Crippen LogP contribution in [-0.4, -0.2) is 59.3 Å². The van der Waals surface area contributed by atoms with Crippen molar-refractivity contribution in [3.05, 3.63) is 29.8 Å². The maximum atomic E-state index is 12.1. The number of nitrogens with zero attached hydrogens (tertiary/aromatic N) is 2. The van der Waals surface area contributed by atoms with Gasteiger partial charge in [0.05, 0.1) is 6.26 Å². The normalized spacial score (nSPS) is 12.3. The third-order valence-corrected chi connectivity index (χ3v) is 3.87. The van der Waals surface area contributed by atoms with Crippen LogP contribution in [0.15, 0.2) is 29.3 Å². The summed E-state index contributed by atoms with van der Waals surface area (Å²) in [5.41, 5.74) is 0.908. The number of ether oxygens (including phenoxy) is 1. The van der Waals surface area contributed by atoms with E-state index in [9.17, 15) is 17.2 Å². The minimum atomic E-state index is -3.17. The van der Waals surface area contributed by atoms with Crippen LogP contribution < -0.4 is 14.8 Å². The summed E-state index contributed by atoms with van der Waals surface area (Å²) in [4.78, 5) is 6.02. The lowest BCUT2D eigenvalue weighted by molar-refractivity contribution is -0.0498. The summed E-state index contributed by atoms with van der Waals surface area (Å²) in [5.74, 6) is 0.759. The molecule has 1 aromatic carbocycles. The van der Waals surface area contributed by atoms with Gasteiger partial charge in [-0.1, -0.05) is 12.1 Å². The predicted molar refractivity (Wildman–Crippen MR) is 93.4 cm³/mol. The van der Waals surface area contributed by atoms with Gasteiger partial charge in [-0.3, -0.25) is 4.99 Å². The Bertz CT molecular complexity index is 651. The summed E-state index contributed by atoms with van der Waals surface area (Å²) in [6, 6.07) is 6.39. The van der Waals surface area contributed by atoms with Crippen LogP contribution in [0.4, 0.5) is 8.78 Å². The van der Waals surface area contributed by atoms with Crippen molar-refractivity contribution in [2.45, 2.75) is 19.6 Å². The first-order valence-electron chi connectivity index (χ1n) is 7.61. The number of benzene rings is 1. The molecule has 0 spiro atoms. The third-order valence-electron chi connectivity index (χ3n) is 3.14. The van der Waals surface area contributed by atoms with Gasteiger partial charge in [0.1, 0.15) is 5.75 Å². The van der Waals surface area contributed by atoms with E-state index in [1.54, 1.807) is 19.2 Å². The van der Waals surface area contributed by atoms with Crippen LogP contribution in [0.3, 0.4) is 0 Å². The molecular formula is C15H24F2N4O3S. The molecule has 0 atom stereocenters. The van der Waals surface area contributed by atoms with E-state index in [2.05, 4.69) is 19.8 Å². The van der Waals surface area contributed by atoms with Crippen molar-refractivity contribution in [2.24, 2.45) is 4.99 Å². The molecule has 7 nitrogen and oxygen atoms in total. The zero-order valence-electron chi connectivity index (χ0n) is 14.5. The van der Waals surface area contributed by atoms with E-state index in [0.29, 0.717) is 32.0 Å². The second kappa shape index (κ2) is 10.1. The molecule has 2 N–H and O–H groups in total. The number of sulfonamides is 1. The minimum absolute atomic E-state index is 0.113. The molecule has 0 heterocycles. The largest absolute Gasteiger partial charge is 0.435 e. The first-order valence-corrected chi connectivity index (χ1v) is 9.50. The molecule has 0 aliphatic carbocycles. The Labute approximate surface area is 147 Å². The molecule has 0 saturated carbocycles. The van der Waals surface area contributed by atoms with Gasteiger partial charge in [0.25, 0.3) is 0 Å². The quantitative estimate of drug-likeness (QED) is 0.384. The summed E-state index contributed by atoms with van der Waals surface area (Å²) >= 11 is 0. The van der Waals surface area contributed by atoms with Gasteiger partial charge in [-0.15, -0.1) is 0 Å². The number of halogens is 2. The van der Waals surface area contributed by atoms with Gasteiger partial charge < -0.3 is 15.0 Å². The second-order valence-corrected chi connectivity index (χ2v) is 7.21. The molecule has 0 bridgehead atoms. The van der Waals surface area contributed by atoms with Crippen molar-refractivity contribution in [1.29, 1.82) is 0 Å². The van der Waals surface area contributed by atoms with Crippen LogP contribution >= 0.6 is 0 Å². The summed E-state index contributed by atoms with van der Waals surface area (Å²) < 4.78 is 52.9. The van der Waals surface area contributed by atoms with Gasteiger partial charge >= 0.3 is 6.61 Å². The molecule has 0 fully saturated rings. The van der Waals surface area contributed by atoms with Gasteiger partial charge in [0.15, 0.2) is 5.96 Å². The first-order chi connectivity index (χ1) is 11.7. The molecule has 1 rings (SSSR count). The number of nitrogens with one attached hydrogen (secondary N) is 2. The Balaban J connectivity index is 2.44. The third kappa shape index (κ3) is 9.20. The lowest BCUT2D eigenvalue weighted by Crippen LogP contribution is -2.39. The summed E-state index contributed by atoms with van der Waals surface area (Å²) in [6.45, 7) is -1.41. The molecule has 10 heteroatoms. The highest BCUT2D eigenvalue weighted by molar-refractivity contribution is 7.88. The fourth-order valence-electron chi connectivity index (χ4n) is 2.06. The molecule has 0 aliphatic heterocycles. The summed E-state index contributed by atoms with van der Waals surface area (Å²) in [7, 11) is 0.313. The van der Waals surface area contributed by atoms with Crippen LogP contribution in [0.25, 0.3) is 0 Å². The molecule has 142 valence electrons. The molecule has 0 aromatic heterocycles.